The van der Waals surface area contributed by atoms with Crippen LogP contribution in [0.15, 0.2) is 34.7 Å². The minimum Gasteiger partial charge on any atom is -0.452 e. The van der Waals surface area contributed by atoms with Gasteiger partial charge in [-0.1, -0.05) is 0 Å². The largest absolute Gasteiger partial charge is 0.452 e. The number of fused-ring (bicyclic) bond motifs is 2. The summed E-state index contributed by atoms with van der Waals surface area (Å²) in [6, 6.07) is 10.2. The number of ether oxygens (including phenoxy) is 4. The summed E-state index contributed by atoms with van der Waals surface area (Å²) >= 11 is 0. The SMILES string of the molecule is CCNc1cc2oc3cc(=[N+](CCOCCOC)CCOCCOC)ccc-3nc2cc1C. The molecule has 1 aromatic rings. The molecule has 0 saturated heterocycles. The van der Waals surface area contributed by atoms with Gasteiger partial charge in [0.15, 0.2) is 24.4 Å². The molecule has 1 N–H and O–H groups in total. The number of hydrogen-bond acceptors (Lipinski definition) is 7. The summed E-state index contributed by atoms with van der Waals surface area (Å²) in [7, 11) is 3.35. The fraction of sp³-hybridized carbons (Fsp3) is 0.520. The molecule has 0 spiro atoms. The molecule has 8 nitrogen and oxygen atoms in total. The molecule has 1 aliphatic carbocycles. The molecule has 1 aliphatic heterocycles. The lowest BCUT2D eigenvalue weighted by molar-refractivity contribution is 0.0602. The molecule has 0 amide bonds. The number of nitrogens with zero attached hydrogens (tertiary/aromatic N) is 2. The van der Waals surface area contributed by atoms with Gasteiger partial charge in [-0.05, 0) is 31.5 Å². The molecule has 3 rings (SSSR count). The van der Waals surface area contributed by atoms with Gasteiger partial charge in [-0.15, -0.1) is 0 Å². The molecular weight excluding hydrogens is 422 g/mol. The summed E-state index contributed by atoms with van der Waals surface area (Å²) in [6.45, 7) is 9.98. The first kappa shape index (κ1) is 25.1. The Hall–Kier alpha value is -2.52. The summed E-state index contributed by atoms with van der Waals surface area (Å²) in [5.74, 6) is 0.747. The monoisotopic (exact) mass is 458 g/mol. The second kappa shape index (κ2) is 13.3. The Bertz CT molecular complexity index is 1030. The van der Waals surface area contributed by atoms with Gasteiger partial charge in [-0.2, -0.15) is 0 Å². The number of rotatable bonds is 14. The summed E-state index contributed by atoms with van der Waals surface area (Å²) in [4.78, 5) is 4.81. The van der Waals surface area contributed by atoms with Crippen LogP contribution in [0, 0.1) is 6.92 Å². The number of aromatic nitrogens is 1. The Morgan fingerprint density at radius 1 is 0.909 bits per heavy atom. The number of benzene rings is 2. The van der Waals surface area contributed by atoms with Gasteiger partial charge >= 0.3 is 0 Å². The molecule has 2 aliphatic rings. The minimum atomic E-state index is 0.575. The highest BCUT2D eigenvalue weighted by atomic mass is 16.5. The summed E-state index contributed by atoms with van der Waals surface area (Å²) in [6.07, 6.45) is 0. The van der Waals surface area contributed by atoms with Crippen molar-refractivity contribution >= 4 is 16.8 Å². The van der Waals surface area contributed by atoms with Crippen LogP contribution in [0.1, 0.15) is 12.5 Å². The van der Waals surface area contributed by atoms with Crippen LogP contribution in [0.25, 0.3) is 22.6 Å². The van der Waals surface area contributed by atoms with Gasteiger partial charge in [0.25, 0.3) is 0 Å². The highest BCUT2D eigenvalue weighted by Crippen LogP contribution is 2.27. The molecule has 8 heteroatoms. The first-order valence-corrected chi connectivity index (χ1v) is 11.5. The quantitative estimate of drug-likeness (QED) is 0.226. The molecule has 0 atom stereocenters. The van der Waals surface area contributed by atoms with Gasteiger partial charge in [0.1, 0.15) is 24.4 Å². The van der Waals surface area contributed by atoms with Gasteiger partial charge < -0.3 is 28.7 Å². The number of anilines is 1. The van der Waals surface area contributed by atoms with Gasteiger partial charge in [-0.25, -0.2) is 9.56 Å². The predicted octanol–water partition coefficient (Wildman–Crippen LogP) is 2.77. The van der Waals surface area contributed by atoms with E-state index in [1.807, 2.05) is 18.2 Å². The zero-order valence-electron chi connectivity index (χ0n) is 20.2. The van der Waals surface area contributed by atoms with Crippen LogP contribution < -0.4 is 15.2 Å². The van der Waals surface area contributed by atoms with E-state index < -0.39 is 0 Å². The smallest absolute Gasteiger partial charge is 0.203 e. The van der Waals surface area contributed by atoms with Crippen LogP contribution in [0.3, 0.4) is 0 Å². The Kier molecular flexibility index (Phi) is 10.1. The Balaban J connectivity index is 1.90. The first-order chi connectivity index (χ1) is 16.2. The van der Waals surface area contributed by atoms with E-state index in [9.17, 15) is 0 Å². The van der Waals surface area contributed by atoms with E-state index in [0.717, 1.165) is 58.8 Å². The molecule has 0 bridgehead atoms. The maximum absolute atomic E-state index is 6.27. The topological polar surface area (TPSA) is 78.0 Å². The van der Waals surface area contributed by atoms with E-state index in [2.05, 4.69) is 35.9 Å². The number of hydrogen-bond donors (Lipinski definition) is 1. The van der Waals surface area contributed by atoms with Gasteiger partial charge in [0, 0.05) is 38.6 Å². The zero-order valence-corrected chi connectivity index (χ0v) is 20.2. The zero-order chi connectivity index (χ0) is 23.5. The molecule has 0 saturated carbocycles. The van der Waals surface area contributed by atoms with Crippen molar-refractivity contribution in [3.63, 3.8) is 0 Å². The first-order valence-electron chi connectivity index (χ1n) is 11.5. The standard InChI is InChI=1S/C25H35N3O5/c1-5-26-22-18-25-23(16-19(22)2)27-21-7-6-20(17-24(21)33-25)28(8-10-31-14-12-29-3)9-11-32-15-13-30-4/h6-7,16-18H,5,8-15H2,1-4H3/p+1. The van der Waals surface area contributed by atoms with Crippen LogP contribution >= 0.6 is 0 Å². The molecule has 1 aromatic carbocycles. The average Bonchev–Trinajstić information content (AvgIpc) is 2.81. The summed E-state index contributed by atoms with van der Waals surface area (Å²) < 4.78 is 30.0. The van der Waals surface area contributed by atoms with E-state index in [4.69, 9.17) is 28.3 Å². The molecule has 0 unspecified atom stereocenters. The average molecular weight is 459 g/mol. The van der Waals surface area contributed by atoms with Gasteiger partial charge in [0.05, 0.1) is 32.5 Å². The Labute approximate surface area is 195 Å². The lowest BCUT2D eigenvalue weighted by Gasteiger charge is -2.11. The normalized spacial score (nSPS) is 11.4. The lowest BCUT2D eigenvalue weighted by Crippen LogP contribution is -2.36. The van der Waals surface area contributed by atoms with Crippen molar-refractivity contribution in [1.82, 2.24) is 9.56 Å². The van der Waals surface area contributed by atoms with Crippen molar-refractivity contribution < 1.29 is 23.4 Å². The fourth-order valence-corrected chi connectivity index (χ4v) is 3.55. The minimum absolute atomic E-state index is 0.575. The maximum atomic E-state index is 6.27. The van der Waals surface area contributed by atoms with Crippen LogP contribution in [-0.4, -0.2) is 78.5 Å². The van der Waals surface area contributed by atoms with E-state index >= 15 is 0 Å². The van der Waals surface area contributed by atoms with Gasteiger partial charge in [-0.3, -0.25) is 0 Å². The highest BCUT2D eigenvalue weighted by molar-refractivity contribution is 5.81. The van der Waals surface area contributed by atoms with Crippen molar-refractivity contribution in [3.05, 3.63) is 41.3 Å². The van der Waals surface area contributed by atoms with Crippen LogP contribution in [-0.2, 0) is 18.9 Å². The van der Waals surface area contributed by atoms with Crippen molar-refractivity contribution in [2.75, 3.05) is 78.8 Å². The molecule has 180 valence electrons. The third kappa shape index (κ3) is 7.23. The van der Waals surface area contributed by atoms with Crippen LogP contribution in [0.4, 0.5) is 5.69 Å². The molecule has 1 heterocycles. The Morgan fingerprint density at radius 2 is 1.61 bits per heavy atom. The molecule has 0 radical (unpaired) electrons. The van der Waals surface area contributed by atoms with Crippen molar-refractivity contribution in [2.24, 2.45) is 0 Å². The van der Waals surface area contributed by atoms with E-state index in [1.165, 1.54) is 0 Å². The molecule has 0 fully saturated rings. The lowest BCUT2D eigenvalue weighted by atomic mass is 10.1. The van der Waals surface area contributed by atoms with Crippen molar-refractivity contribution in [3.8, 4) is 11.5 Å². The molecule has 33 heavy (non-hydrogen) atoms. The number of methoxy groups -OCH3 is 2. The second-order valence-corrected chi connectivity index (χ2v) is 7.73. The van der Waals surface area contributed by atoms with Gasteiger partial charge in [0.2, 0.25) is 5.36 Å². The number of aryl methyl sites for hydroxylation is 1. The van der Waals surface area contributed by atoms with Crippen molar-refractivity contribution in [2.45, 2.75) is 13.8 Å². The third-order valence-corrected chi connectivity index (χ3v) is 5.32. The molecule has 0 aromatic heterocycles. The summed E-state index contributed by atoms with van der Waals surface area (Å²) in [5.41, 5.74) is 4.66. The third-order valence-electron chi connectivity index (χ3n) is 5.32. The van der Waals surface area contributed by atoms with E-state index in [0.29, 0.717) is 39.6 Å². The highest BCUT2D eigenvalue weighted by Gasteiger charge is 2.14. The summed E-state index contributed by atoms with van der Waals surface area (Å²) in [5, 5.41) is 4.42. The second-order valence-electron chi connectivity index (χ2n) is 7.73. The fourth-order valence-electron chi connectivity index (χ4n) is 3.55. The predicted molar refractivity (Wildman–Crippen MR) is 130 cm³/mol. The van der Waals surface area contributed by atoms with E-state index in [1.54, 1.807) is 14.2 Å². The Morgan fingerprint density at radius 3 is 2.24 bits per heavy atom. The van der Waals surface area contributed by atoms with Crippen LogP contribution in [0.2, 0.25) is 0 Å². The van der Waals surface area contributed by atoms with E-state index in [-0.39, 0.29) is 0 Å². The molecular formula is C25H36N3O5+. The maximum Gasteiger partial charge on any atom is 0.203 e. The van der Waals surface area contributed by atoms with Crippen molar-refractivity contribution in [1.29, 1.82) is 0 Å². The van der Waals surface area contributed by atoms with Crippen LogP contribution in [0.5, 0.6) is 0 Å². The number of nitrogens with one attached hydrogen (secondary N) is 1.